The van der Waals surface area contributed by atoms with Gasteiger partial charge in [-0.25, -0.2) is 0 Å². The normalized spacial score (nSPS) is 28.2. The molecule has 3 atom stereocenters. The zero-order chi connectivity index (χ0) is 12.7. The van der Waals surface area contributed by atoms with Crippen molar-refractivity contribution < 1.29 is 9.47 Å². The Hall–Kier alpha value is -0.160. The van der Waals surface area contributed by atoms with Crippen LogP contribution in [-0.2, 0) is 9.47 Å². The molecular formula is C13H28N2O2. The van der Waals surface area contributed by atoms with E-state index in [0.717, 1.165) is 32.8 Å². The van der Waals surface area contributed by atoms with E-state index in [-0.39, 0.29) is 0 Å². The van der Waals surface area contributed by atoms with Crippen LogP contribution < -0.4 is 5.32 Å². The number of ether oxygens (including phenoxy) is 2. The molecule has 1 aliphatic rings. The van der Waals surface area contributed by atoms with Crippen molar-refractivity contribution in [3.8, 4) is 0 Å². The minimum Gasteiger partial charge on any atom is -0.383 e. The van der Waals surface area contributed by atoms with Crippen molar-refractivity contribution in [3.63, 3.8) is 0 Å². The molecule has 0 spiro atoms. The highest BCUT2D eigenvalue weighted by atomic mass is 16.5. The zero-order valence-electron chi connectivity index (χ0n) is 11.7. The van der Waals surface area contributed by atoms with E-state index in [1.165, 1.54) is 6.42 Å². The van der Waals surface area contributed by atoms with Crippen LogP contribution in [0.5, 0.6) is 0 Å². The molecule has 4 nitrogen and oxygen atoms in total. The van der Waals surface area contributed by atoms with Gasteiger partial charge in [0.2, 0.25) is 0 Å². The quantitative estimate of drug-likeness (QED) is 0.727. The fraction of sp³-hybridized carbons (Fsp3) is 1.00. The Morgan fingerprint density at radius 3 is 2.94 bits per heavy atom. The summed E-state index contributed by atoms with van der Waals surface area (Å²) in [6.45, 7) is 11.4. The van der Waals surface area contributed by atoms with E-state index in [1.54, 1.807) is 7.11 Å². The summed E-state index contributed by atoms with van der Waals surface area (Å²) in [6, 6.07) is 1.02. The summed E-state index contributed by atoms with van der Waals surface area (Å²) >= 11 is 0. The van der Waals surface area contributed by atoms with E-state index in [4.69, 9.17) is 9.47 Å². The van der Waals surface area contributed by atoms with Crippen molar-refractivity contribution in [3.05, 3.63) is 0 Å². The first-order valence-corrected chi connectivity index (χ1v) is 6.75. The summed E-state index contributed by atoms with van der Waals surface area (Å²) in [5.41, 5.74) is 0. The molecule has 1 fully saturated rings. The van der Waals surface area contributed by atoms with Crippen LogP contribution in [0.3, 0.4) is 0 Å². The van der Waals surface area contributed by atoms with Crippen LogP contribution in [-0.4, -0.2) is 63.0 Å². The fourth-order valence-electron chi connectivity index (χ4n) is 2.33. The Morgan fingerprint density at radius 2 is 2.29 bits per heavy atom. The van der Waals surface area contributed by atoms with Gasteiger partial charge in [-0.2, -0.15) is 0 Å². The molecule has 0 radical (unpaired) electrons. The first-order valence-electron chi connectivity index (χ1n) is 6.75. The van der Waals surface area contributed by atoms with Crippen LogP contribution >= 0.6 is 0 Å². The molecule has 4 heteroatoms. The number of rotatable bonds is 7. The smallest absolute Gasteiger partial charge is 0.0674 e. The van der Waals surface area contributed by atoms with Crippen molar-refractivity contribution in [2.75, 3.05) is 40.0 Å². The van der Waals surface area contributed by atoms with Crippen molar-refractivity contribution >= 4 is 0 Å². The monoisotopic (exact) mass is 244 g/mol. The average molecular weight is 244 g/mol. The molecule has 0 saturated carbocycles. The minimum atomic E-state index is 0.370. The van der Waals surface area contributed by atoms with Gasteiger partial charge in [-0.15, -0.1) is 0 Å². The molecule has 1 aliphatic heterocycles. The molecule has 1 saturated heterocycles. The molecule has 1 heterocycles. The summed E-state index contributed by atoms with van der Waals surface area (Å²) in [5.74, 6) is 0. The summed E-state index contributed by atoms with van der Waals surface area (Å²) < 4.78 is 10.8. The highest BCUT2D eigenvalue weighted by molar-refractivity contribution is 4.78. The van der Waals surface area contributed by atoms with Gasteiger partial charge in [-0.1, -0.05) is 6.92 Å². The lowest BCUT2D eigenvalue weighted by molar-refractivity contribution is -0.0553. The second-order valence-electron chi connectivity index (χ2n) is 5.01. The summed E-state index contributed by atoms with van der Waals surface area (Å²) in [4.78, 5) is 2.54. The number of hydrogen-bond acceptors (Lipinski definition) is 4. The minimum absolute atomic E-state index is 0.370. The Morgan fingerprint density at radius 1 is 1.53 bits per heavy atom. The van der Waals surface area contributed by atoms with E-state index in [2.05, 4.69) is 31.0 Å². The lowest BCUT2D eigenvalue weighted by Crippen LogP contribution is -2.51. The lowest BCUT2D eigenvalue weighted by Gasteiger charge is -2.38. The summed E-state index contributed by atoms with van der Waals surface area (Å²) in [7, 11) is 1.74. The third kappa shape index (κ3) is 5.34. The van der Waals surface area contributed by atoms with Crippen LogP contribution in [0.25, 0.3) is 0 Å². The molecule has 1 N–H and O–H groups in total. The average Bonchev–Trinajstić information content (AvgIpc) is 2.30. The molecule has 0 aromatic rings. The van der Waals surface area contributed by atoms with Crippen molar-refractivity contribution in [1.82, 2.24) is 10.2 Å². The number of nitrogens with one attached hydrogen (secondary N) is 1. The predicted octanol–water partition coefficient (Wildman–Crippen LogP) is 1.11. The molecule has 0 amide bonds. The maximum absolute atomic E-state index is 5.70. The van der Waals surface area contributed by atoms with Gasteiger partial charge in [0.05, 0.1) is 19.3 Å². The Labute approximate surface area is 106 Å². The summed E-state index contributed by atoms with van der Waals surface area (Å²) in [5, 5.41) is 3.48. The van der Waals surface area contributed by atoms with E-state index < -0.39 is 0 Å². The van der Waals surface area contributed by atoms with E-state index in [1.807, 2.05) is 0 Å². The molecule has 17 heavy (non-hydrogen) atoms. The van der Waals surface area contributed by atoms with Gasteiger partial charge in [0.1, 0.15) is 0 Å². The van der Waals surface area contributed by atoms with Crippen molar-refractivity contribution in [2.24, 2.45) is 0 Å². The largest absolute Gasteiger partial charge is 0.383 e. The summed E-state index contributed by atoms with van der Waals surface area (Å²) in [6.07, 6.45) is 1.54. The number of methoxy groups -OCH3 is 1. The van der Waals surface area contributed by atoms with Gasteiger partial charge in [0.25, 0.3) is 0 Å². The number of nitrogens with zero attached hydrogens (tertiary/aromatic N) is 1. The van der Waals surface area contributed by atoms with Crippen LogP contribution in [0.15, 0.2) is 0 Å². The SMILES string of the molecule is CCC1COC(C)CN1CCNC(C)COC. The van der Waals surface area contributed by atoms with Gasteiger partial charge in [-0.05, 0) is 20.3 Å². The second kappa shape index (κ2) is 8.03. The van der Waals surface area contributed by atoms with Crippen molar-refractivity contribution in [2.45, 2.75) is 45.4 Å². The highest BCUT2D eigenvalue weighted by Crippen LogP contribution is 2.13. The van der Waals surface area contributed by atoms with Crippen LogP contribution in [0.4, 0.5) is 0 Å². The number of hydrogen-bond donors (Lipinski definition) is 1. The van der Waals surface area contributed by atoms with Crippen molar-refractivity contribution in [1.29, 1.82) is 0 Å². The first kappa shape index (κ1) is 14.9. The van der Waals surface area contributed by atoms with Crippen LogP contribution in [0, 0.1) is 0 Å². The lowest BCUT2D eigenvalue weighted by atomic mass is 10.1. The van der Waals surface area contributed by atoms with Gasteiger partial charge in [0, 0.05) is 38.8 Å². The molecular weight excluding hydrogens is 216 g/mol. The van der Waals surface area contributed by atoms with Gasteiger partial charge < -0.3 is 14.8 Å². The van der Waals surface area contributed by atoms with E-state index in [0.29, 0.717) is 18.2 Å². The maximum atomic E-state index is 5.70. The van der Waals surface area contributed by atoms with Crippen LogP contribution in [0.1, 0.15) is 27.2 Å². The van der Waals surface area contributed by atoms with Crippen LogP contribution in [0.2, 0.25) is 0 Å². The highest BCUT2D eigenvalue weighted by Gasteiger charge is 2.24. The van der Waals surface area contributed by atoms with Gasteiger partial charge >= 0.3 is 0 Å². The predicted molar refractivity (Wildman–Crippen MR) is 70.4 cm³/mol. The van der Waals surface area contributed by atoms with Gasteiger partial charge in [0.15, 0.2) is 0 Å². The molecule has 0 aliphatic carbocycles. The topological polar surface area (TPSA) is 33.7 Å². The molecule has 0 aromatic heterocycles. The standard InChI is InChI=1S/C13H28N2O2/c1-5-13-10-17-12(3)8-15(13)7-6-14-11(2)9-16-4/h11-14H,5-10H2,1-4H3. The van der Waals surface area contributed by atoms with E-state index >= 15 is 0 Å². The molecule has 3 unspecified atom stereocenters. The van der Waals surface area contributed by atoms with E-state index in [9.17, 15) is 0 Å². The zero-order valence-corrected chi connectivity index (χ0v) is 11.7. The second-order valence-corrected chi connectivity index (χ2v) is 5.01. The molecule has 102 valence electrons. The first-order chi connectivity index (χ1) is 8.17. The molecule has 1 rings (SSSR count). The van der Waals surface area contributed by atoms with Gasteiger partial charge in [-0.3, -0.25) is 4.90 Å². The Bertz CT molecular complexity index is 202. The fourth-order valence-corrected chi connectivity index (χ4v) is 2.33. The third-order valence-corrected chi connectivity index (χ3v) is 3.36. The molecule has 0 bridgehead atoms. The number of morpholine rings is 1. The Balaban J connectivity index is 2.23. The Kier molecular flexibility index (Phi) is 7.04. The maximum Gasteiger partial charge on any atom is 0.0674 e. The third-order valence-electron chi connectivity index (χ3n) is 3.36. The molecule has 0 aromatic carbocycles.